The first-order valence-electron chi connectivity index (χ1n) is 11.8. The summed E-state index contributed by atoms with van der Waals surface area (Å²) in [5.41, 5.74) is 7.46. The molecular formula is C29H28N4O3. The van der Waals surface area contributed by atoms with Crippen LogP contribution in [0.3, 0.4) is 0 Å². The number of nitrogens with zero attached hydrogens (tertiary/aromatic N) is 3. The molecule has 0 bridgehead atoms. The molecule has 1 atom stereocenters. The van der Waals surface area contributed by atoms with E-state index in [0.29, 0.717) is 11.7 Å². The predicted molar refractivity (Wildman–Crippen MR) is 140 cm³/mol. The molecule has 4 aromatic rings. The van der Waals surface area contributed by atoms with Gasteiger partial charge >= 0.3 is 6.03 Å². The quantitative estimate of drug-likeness (QED) is 0.359. The third-order valence-electron chi connectivity index (χ3n) is 6.65. The molecule has 5 rings (SSSR count). The minimum Gasteiger partial charge on any atom is -0.497 e. The molecule has 1 aromatic heterocycles. The first-order valence-corrected chi connectivity index (χ1v) is 11.8. The molecule has 0 saturated heterocycles. The van der Waals surface area contributed by atoms with Crippen molar-refractivity contribution in [1.29, 1.82) is 0 Å². The number of hydrogen-bond acceptors (Lipinski definition) is 5. The minimum atomic E-state index is -0.442. The normalized spacial score (nSPS) is 15.8. The second-order valence-corrected chi connectivity index (χ2v) is 9.05. The molecule has 0 fully saturated rings. The van der Waals surface area contributed by atoms with E-state index in [4.69, 9.17) is 14.2 Å². The van der Waals surface area contributed by atoms with Gasteiger partial charge in [-0.3, -0.25) is 4.90 Å². The zero-order valence-corrected chi connectivity index (χ0v) is 21.0. The molecule has 36 heavy (non-hydrogen) atoms. The molecule has 2 heterocycles. The summed E-state index contributed by atoms with van der Waals surface area (Å²) in [6, 6.07) is 20.9. The number of benzene rings is 3. The van der Waals surface area contributed by atoms with Crippen LogP contribution in [-0.2, 0) is 0 Å². The monoisotopic (exact) mass is 480 g/mol. The van der Waals surface area contributed by atoms with Crippen LogP contribution >= 0.6 is 0 Å². The molecule has 0 spiro atoms. The molecule has 0 saturated carbocycles. The number of amides is 2. The summed E-state index contributed by atoms with van der Waals surface area (Å²) in [5.74, 6) is 1.57. The van der Waals surface area contributed by atoms with E-state index in [2.05, 4.69) is 36.5 Å². The highest BCUT2D eigenvalue weighted by molar-refractivity contribution is 6.01. The lowest BCUT2D eigenvalue weighted by atomic mass is 9.92. The van der Waals surface area contributed by atoms with Crippen LogP contribution in [0.15, 0.2) is 77.0 Å². The van der Waals surface area contributed by atoms with E-state index >= 15 is 0 Å². The van der Waals surface area contributed by atoms with Gasteiger partial charge in [0.05, 0.1) is 24.4 Å². The van der Waals surface area contributed by atoms with Gasteiger partial charge in [-0.1, -0.05) is 41.1 Å². The van der Waals surface area contributed by atoms with E-state index in [-0.39, 0.29) is 6.03 Å². The summed E-state index contributed by atoms with van der Waals surface area (Å²) in [4.78, 5) is 19.8. The van der Waals surface area contributed by atoms with Crippen molar-refractivity contribution in [3.8, 4) is 17.1 Å². The standard InChI is InChI=1S/C29H28N4O3/c1-17-6-12-23(13-7-17)33-20(4)25(26(30-29(33)34)22-9-8-18(2)19(3)16-22)28-31-27(32-36-28)21-10-14-24(35-5)15-11-21/h6-16,26H,1-5H3,(H,30,34). The van der Waals surface area contributed by atoms with Gasteiger partial charge in [-0.25, -0.2) is 4.79 Å². The molecule has 7 heteroatoms. The maximum absolute atomic E-state index is 13.4. The van der Waals surface area contributed by atoms with Crippen molar-refractivity contribution in [2.24, 2.45) is 0 Å². The van der Waals surface area contributed by atoms with Crippen LogP contribution in [0, 0.1) is 20.8 Å². The van der Waals surface area contributed by atoms with Gasteiger partial charge in [0.25, 0.3) is 5.89 Å². The molecule has 1 unspecified atom stereocenters. The fourth-order valence-electron chi connectivity index (χ4n) is 4.41. The number of rotatable bonds is 5. The van der Waals surface area contributed by atoms with E-state index in [1.54, 1.807) is 12.0 Å². The molecular weight excluding hydrogens is 452 g/mol. The fraction of sp³-hybridized carbons (Fsp3) is 0.207. The number of nitrogens with one attached hydrogen (secondary N) is 1. The number of carbonyl (C=O) groups is 1. The number of methoxy groups -OCH3 is 1. The maximum Gasteiger partial charge on any atom is 0.326 e. The molecule has 7 nitrogen and oxygen atoms in total. The summed E-state index contributed by atoms with van der Waals surface area (Å²) < 4.78 is 11.1. The fourth-order valence-corrected chi connectivity index (χ4v) is 4.41. The Labute approximate surface area is 210 Å². The lowest BCUT2D eigenvalue weighted by molar-refractivity contribution is 0.244. The molecule has 1 N–H and O–H groups in total. The van der Waals surface area contributed by atoms with E-state index in [9.17, 15) is 4.79 Å². The van der Waals surface area contributed by atoms with Crippen molar-refractivity contribution in [2.75, 3.05) is 12.0 Å². The van der Waals surface area contributed by atoms with Gasteiger partial charge in [0.2, 0.25) is 5.82 Å². The Morgan fingerprint density at radius 3 is 2.31 bits per heavy atom. The topological polar surface area (TPSA) is 80.5 Å². The van der Waals surface area contributed by atoms with Crippen LogP contribution < -0.4 is 15.0 Å². The van der Waals surface area contributed by atoms with Crippen LogP contribution in [0.25, 0.3) is 17.0 Å². The number of aryl methyl sites for hydroxylation is 3. The second kappa shape index (κ2) is 9.34. The number of hydrogen-bond donors (Lipinski definition) is 1. The maximum atomic E-state index is 13.4. The molecule has 2 amide bonds. The number of aromatic nitrogens is 2. The Morgan fingerprint density at radius 1 is 0.917 bits per heavy atom. The van der Waals surface area contributed by atoms with E-state index in [1.807, 2.05) is 68.4 Å². The summed E-state index contributed by atoms with van der Waals surface area (Å²) in [7, 11) is 1.63. The van der Waals surface area contributed by atoms with Crippen molar-refractivity contribution in [2.45, 2.75) is 33.7 Å². The highest BCUT2D eigenvalue weighted by Gasteiger charge is 2.36. The molecule has 3 aromatic carbocycles. The summed E-state index contributed by atoms with van der Waals surface area (Å²) in [6.45, 7) is 8.06. The number of anilines is 1. The smallest absolute Gasteiger partial charge is 0.326 e. The number of ether oxygens (including phenoxy) is 1. The van der Waals surface area contributed by atoms with Crippen LogP contribution in [0.4, 0.5) is 10.5 Å². The average molecular weight is 481 g/mol. The van der Waals surface area contributed by atoms with Gasteiger partial charge in [-0.05, 0) is 80.8 Å². The highest BCUT2D eigenvalue weighted by atomic mass is 16.5. The zero-order valence-electron chi connectivity index (χ0n) is 21.0. The van der Waals surface area contributed by atoms with Gasteiger partial charge in [0.15, 0.2) is 0 Å². The number of allylic oxidation sites excluding steroid dienone is 1. The van der Waals surface area contributed by atoms with Crippen molar-refractivity contribution >= 4 is 17.3 Å². The first kappa shape index (κ1) is 23.4. The third-order valence-corrected chi connectivity index (χ3v) is 6.65. The largest absolute Gasteiger partial charge is 0.497 e. The van der Waals surface area contributed by atoms with Crippen LogP contribution in [0.5, 0.6) is 5.75 Å². The first-order chi connectivity index (χ1) is 17.4. The van der Waals surface area contributed by atoms with Crippen molar-refractivity contribution < 1.29 is 14.1 Å². The number of urea groups is 1. The number of carbonyl (C=O) groups excluding carboxylic acids is 1. The van der Waals surface area contributed by atoms with Gasteiger partial charge < -0.3 is 14.6 Å². The Morgan fingerprint density at radius 2 is 1.64 bits per heavy atom. The summed E-state index contributed by atoms with van der Waals surface area (Å²) >= 11 is 0. The van der Waals surface area contributed by atoms with Crippen molar-refractivity contribution in [3.05, 3.63) is 101 Å². The van der Waals surface area contributed by atoms with E-state index in [0.717, 1.165) is 45.0 Å². The lowest BCUT2D eigenvalue weighted by Gasteiger charge is -2.35. The van der Waals surface area contributed by atoms with Gasteiger partial charge in [0, 0.05) is 11.3 Å². The lowest BCUT2D eigenvalue weighted by Crippen LogP contribution is -2.46. The van der Waals surface area contributed by atoms with Gasteiger partial charge in [0.1, 0.15) is 5.75 Å². The van der Waals surface area contributed by atoms with Crippen LogP contribution in [-0.4, -0.2) is 23.3 Å². The molecule has 1 aliphatic rings. The SMILES string of the molecule is COc1ccc(-c2noc(C3=C(C)N(c4ccc(C)cc4)C(=O)NC3c3ccc(C)c(C)c3)n2)cc1. The molecule has 0 radical (unpaired) electrons. The van der Waals surface area contributed by atoms with Crippen molar-refractivity contribution in [3.63, 3.8) is 0 Å². The summed E-state index contributed by atoms with van der Waals surface area (Å²) in [6.07, 6.45) is 0. The Balaban J connectivity index is 1.64. The second-order valence-electron chi connectivity index (χ2n) is 9.05. The molecule has 182 valence electrons. The molecule has 1 aliphatic heterocycles. The zero-order chi connectivity index (χ0) is 25.4. The van der Waals surface area contributed by atoms with Crippen LogP contribution in [0.2, 0.25) is 0 Å². The predicted octanol–water partition coefficient (Wildman–Crippen LogP) is 6.37. The Kier molecular flexibility index (Phi) is 6.06. The van der Waals surface area contributed by atoms with E-state index in [1.165, 1.54) is 5.56 Å². The third kappa shape index (κ3) is 4.24. The average Bonchev–Trinajstić information content (AvgIpc) is 3.36. The minimum absolute atomic E-state index is 0.210. The summed E-state index contributed by atoms with van der Waals surface area (Å²) in [5, 5.41) is 7.42. The van der Waals surface area contributed by atoms with Gasteiger partial charge in [-0.2, -0.15) is 4.98 Å². The van der Waals surface area contributed by atoms with Gasteiger partial charge in [-0.15, -0.1) is 0 Å². The Hall–Kier alpha value is -4.39. The molecule has 0 aliphatic carbocycles. The van der Waals surface area contributed by atoms with Crippen LogP contribution in [0.1, 0.15) is 41.1 Å². The van der Waals surface area contributed by atoms with Crippen molar-refractivity contribution in [1.82, 2.24) is 15.5 Å². The Bertz CT molecular complexity index is 1450. The highest BCUT2D eigenvalue weighted by Crippen LogP contribution is 2.39. The van der Waals surface area contributed by atoms with E-state index < -0.39 is 6.04 Å².